The highest BCUT2D eigenvalue weighted by molar-refractivity contribution is 5.79. The fourth-order valence-electron chi connectivity index (χ4n) is 2.67. The van der Waals surface area contributed by atoms with Gasteiger partial charge in [0.1, 0.15) is 0 Å². The van der Waals surface area contributed by atoms with Gasteiger partial charge in [0.2, 0.25) is 0 Å². The molecule has 0 aromatic carbocycles. The Bertz CT molecular complexity index is 271. The van der Waals surface area contributed by atoms with Gasteiger partial charge in [-0.2, -0.15) is 5.26 Å². The van der Waals surface area contributed by atoms with Gasteiger partial charge in [0, 0.05) is 0 Å². The lowest BCUT2D eigenvalue weighted by molar-refractivity contribution is -0.158. The Balaban J connectivity index is 2.15. The predicted molar refractivity (Wildman–Crippen MR) is 41.0 cm³/mol. The number of nitriles is 1. The average molecular weight is 165 g/mol. The molecule has 0 radical (unpaired) electrons. The van der Waals surface area contributed by atoms with Crippen LogP contribution < -0.4 is 0 Å². The second-order valence-electron chi connectivity index (χ2n) is 4.02. The second-order valence-corrected chi connectivity index (χ2v) is 4.02. The number of hydrogen-bond donors (Lipinski definition) is 0. The smallest absolute Gasteiger partial charge is 0.311 e. The molecule has 3 saturated carbocycles. The molecule has 0 saturated heterocycles. The molecule has 3 nitrogen and oxygen atoms in total. The van der Waals surface area contributed by atoms with E-state index in [4.69, 9.17) is 10.00 Å². The number of nitrogens with zero attached hydrogens (tertiary/aromatic N) is 1. The topological polar surface area (TPSA) is 50.1 Å². The van der Waals surface area contributed by atoms with Crippen molar-refractivity contribution in [2.75, 3.05) is 7.11 Å². The highest BCUT2D eigenvalue weighted by Gasteiger charge is 2.65. The third-order valence-corrected chi connectivity index (χ3v) is 3.29. The fraction of sp³-hybridized carbons (Fsp3) is 0.778. The maximum absolute atomic E-state index is 11.3. The van der Waals surface area contributed by atoms with E-state index in [1.165, 1.54) is 7.11 Å². The normalized spacial score (nSPS) is 43.0. The number of hydrogen-bond acceptors (Lipinski definition) is 3. The molecule has 0 aromatic heterocycles. The summed E-state index contributed by atoms with van der Waals surface area (Å²) in [6, 6.07) is 2.30. The molecular formula is C9H11NO2. The Labute approximate surface area is 71.3 Å². The van der Waals surface area contributed by atoms with E-state index in [2.05, 4.69) is 6.07 Å². The standard InChI is InChI=1S/C9H11NO2/c1-12-7(11)9-3-2-8(4-9,5-9)6-10/h2-5H2,1H3. The van der Waals surface area contributed by atoms with Crippen molar-refractivity contribution in [1.29, 1.82) is 5.26 Å². The molecule has 0 aromatic rings. The Morgan fingerprint density at radius 3 is 2.58 bits per heavy atom. The molecule has 3 aliphatic rings. The molecule has 3 rings (SSSR count). The zero-order chi connectivity index (χ0) is 8.82. The summed E-state index contributed by atoms with van der Waals surface area (Å²) in [5.74, 6) is -0.120. The van der Waals surface area contributed by atoms with Crippen LogP contribution in [0.1, 0.15) is 25.7 Å². The Kier molecular flexibility index (Phi) is 1.27. The first-order valence-corrected chi connectivity index (χ1v) is 4.16. The number of rotatable bonds is 1. The van der Waals surface area contributed by atoms with Crippen LogP contribution in [0.15, 0.2) is 0 Å². The molecule has 0 heterocycles. The van der Waals surface area contributed by atoms with E-state index in [0.717, 1.165) is 25.7 Å². The zero-order valence-electron chi connectivity index (χ0n) is 7.09. The predicted octanol–water partition coefficient (Wildman–Crippen LogP) is 1.24. The molecule has 0 N–H and O–H groups in total. The van der Waals surface area contributed by atoms with Crippen LogP contribution in [0.25, 0.3) is 0 Å². The quantitative estimate of drug-likeness (QED) is 0.549. The van der Waals surface area contributed by atoms with Crippen LogP contribution >= 0.6 is 0 Å². The maximum Gasteiger partial charge on any atom is 0.311 e. The van der Waals surface area contributed by atoms with Crippen LogP contribution in [-0.4, -0.2) is 13.1 Å². The van der Waals surface area contributed by atoms with Gasteiger partial charge in [-0.25, -0.2) is 0 Å². The number of ether oxygens (including phenoxy) is 1. The first kappa shape index (κ1) is 7.60. The molecule has 0 aliphatic heterocycles. The number of carbonyl (C=O) groups is 1. The van der Waals surface area contributed by atoms with Crippen molar-refractivity contribution in [1.82, 2.24) is 0 Å². The summed E-state index contributed by atoms with van der Waals surface area (Å²) in [6.07, 6.45) is 3.16. The maximum atomic E-state index is 11.3. The molecule has 0 amide bonds. The summed E-state index contributed by atoms with van der Waals surface area (Å²) in [4.78, 5) is 11.3. The molecule has 64 valence electrons. The molecule has 3 aliphatic carbocycles. The third-order valence-electron chi connectivity index (χ3n) is 3.29. The molecule has 2 bridgehead atoms. The Morgan fingerprint density at radius 2 is 2.17 bits per heavy atom. The van der Waals surface area contributed by atoms with E-state index in [1.54, 1.807) is 0 Å². The van der Waals surface area contributed by atoms with Crippen molar-refractivity contribution in [2.45, 2.75) is 25.7 Å². The minimum Gasteiger partial charge on any atom is -0.469 e. The largest absolute Gasteiger partial charge is 0.469 e. The van der Waals surface area contributed by atoms with Gasteiger partial charge in [0.05, 0.1) is 24.0 Å². The molecule has 0 atom stereocenters. The van der Waals surface area contributed by atoms with Gasteiger partial charge in [-0.15, -0.1) is 0 Å². The lowest BCUT2D eigenvalue weighted by Gasteiger charge is -2.40. The Morgan fingerprint density at radius 1 is 1.50 bits per heavy atom. The molecule has 0 spiro atoms. The van der Waals surface area contributed by atoms with Gasteiger partial charge in [-0.1, -0.05) is 0 Å². The van der Waals surface area contributed by atoms with Crippen LogP contribution in [0.5, 0.6) is 0 Å². The highest BCUT2D eigenvalue weighted by atomic mass is 16.5. The lowest BCUT2D eigenvalue weighted by atomic mass is 9.61. The van der Waals surface area contributed by atoms with E-state index in [1.807, 2.05) is 0 Å². The lowest BCUT2D eigenvalue weighted by Crippen LogP contribution is -2.42. The van der Waals surface area contributed by atoms with E-state index < -0.39 is 0 Å². The fourth-order valence-corrected chi connectivity index (χ4v) is 2.67. The van der Waals surface area contributed by atoms with Crippen molar-refractivity contribution in [3.63, 3.8) is 0 Å². The van der Waals surface area contributed by atoms with Gasteiger partial charge in [-0.3, -0.25) is 4.79 Å². The van der Waals surface area contributed by atoms with Gasteiger partial charge >= 0.3 is 5.97 Å². The second kappa shape index (κ2) is 2.01. The summed E-state index contributed by atoms with van der Waals surface area (Å²) in [6.45, 7) is 0. The SMILES string of the molecule is COC(=O)C12CCC(C#N)(C1)C2. The number of methoxy groups -OCH3 is 1. The van der Waals surface area contributed by atoms with Crippen LogP contribution in [0.4, 0.5) is 0 Å². The van der Waals surface area contributed by atoms with Crippen molar-refractivity contribution >= 4 is 5.97 Å². The number of fused-ring (bicyclic) bond motifs is 1. The zero-order valence-corrected chi connectivity index (χ0v) is 7.09. The summed E-state index contributed by atoms with van der Waals surface area (Å²) in [7, 11) is 1.42. The van der Waals surface area contributed by atoms with E-state index in [-0.39, 0.29) is 16.8 Å². The summed E-state index contributed by atoms with van der Waals surface area (Å²) < 4.78 is 4.72. The monoisotopic (exact) mass is 165 g/mol. The molecular weight excluding hydrogens is 154 g/mol. The highest BCUT2D eigenvalue weighted by Crippen LogP contribution is 2.67. The minimum absolute atomic E-state index is 0.120. The van der Waals surface area contributed by atoms with Gasteiger partial charge < -0.3 is 4.74 Å². The van der Waals surface area contributed by atoms with Crippen LogP contribution in [-0.2, 0) is 9.53 Å². The van der Waals surface area contributed by atoms with Gasteiger partial charge in [0.25, 0.3) is 0 Å². The van der Waals surface area contributed by atoms with Crippen LogP contribution in [0, 0.1) is 22.2 Å². The Hall–Kier alpha value is -1.04. The third kappa shape index (κ3) is 0.677. The molecule has 0 unspecified atom stereocenters. The molecule has 3 fully saturated rings. The average Bonchev–Trinajstić information content (AvgIpc) is 2.57. The molecule has 3 heteroatoms. The van der Waals surface area contributed by atoms with Crippen LogP contribution in [0.2, 0.25) is 0 Å². The van der Waals surface area contributed by atoms with Gasteiger partial charge in [0.15, 0.2) is 0 Å². The van der Waals surface area contributed by atoms with Crippen molar-refractivity contribution in [3.8, 4) is 6.07 Å². The first-order chi connectivity index (χ1) is 5.66. The number of esters is 1. The van der Waals surface area contributed by atoms with Gasteiger partial charge in [-0.05, 0) is 25.7 Å². The van der Waals surface area contributed by atoms with Crippen molar-refractivity contribution in [2.24, 2.45) is 10.8 Å². The minimum atomic E-state index is -0.273. The summed E-state index contributed by atoms with van der Waals surface area (Å²) in [5.41, 5.74) is -0.446. The van der Waals surface area contributed by atoms with Crippen LogP contribution in [0.3, 0.4) is 0 Å². The van der Waals surface area contributed by atoms with E-state index in [9.17, 15) is 4.79 Å². The molecule has 12 heavy (non-hydrogen) atoms. The number of carbonyl (C=O) groups excluding carboxylic acids is 1. The summed E-state index contributed by atoms with van der Waals surface area (Å²) >= 11 is 0. The van der Waals surface area contributed by atoms with E-state index >= 15 is 0 Å². The van der Waals surface area contributed by atoms with Crippen molar-refractivity contribution in [3.05, 3.63) is 0 Å². The first-order valence-electron chi connectivity index (χ1n) is 4.16. The summed E-state index contributed by atoms with van der Waals surface area (Å²) in [5, 5.41) is 8.83. The van der Waals surface area contributed by atoms with E-state index in [0.29, 0.717) is 0 Å². The van der Waals surface area contributed by atoms with Crippen molar-refractivity contribution < 1.29 is 9.53 Å².